The lowest BCUT2D eigenvalue weighted by molar-refractivity contribution is 0.185. The van der Waals surface area contributed by atoms with Crippen molar-refractivity contribution in [2.24, 2.45) is 5.92 Å². The average Bonchev–Trinajstić information content (AvgIpc) is 2.85. The fraction of sp³-hybridized carbons (Fsp3) is 0.727. The summed E-state index contributed by atoms with van der Waals surface area (Å²) in [5.74, 6) is 0.712. The molecule has 0 saturated carbocycles. The number of rotatable bonds is 5. The van der Waals surface area contributed by atoms with Gasteiger partial charge in [0.25, 0.3) is 0 Å². The molecule has 1 aromatic heterocycles. The molecular weight excluding hydrogens is 190 g/mol. The maximum Gasteiger partial charge on any atom is 0.0537 e. The molecule has 1 aliphatic rings. The lowest BCUT2D eigenvalue weighted by Gasteiger charge is -2.09. The van der Waals surface area contributed by atoms with Crippen molar-refractivity contribution in [3.63, 3.8) is 0 Å². The first kappa shape index (κ1) is 10.6. The van der Waals surface area contributed by atoms with Gasteiger partial charge >= 0.3 is 0 Å². The maximum absolute atomic E-state index is 5.32. The normalized spacial score (nSPS) is 21.0. The van der Waals surface area contributed by atoms with Gasteiger partial charge in [-0.25, -0.2) is 0 Å². The summed E-state index contributed by atoms with van der Waals surface area (Å²) in [6, 6.07) is 2.03. The van der Waals surface area contributed by atoms with Crippen LogP contribution in [-0.2, 0) is 11.3 Å². The predicted octanol–water partition coefficient (Wildman–Crippen LogP) is 0.818. The minimum Gasteiger partial charge on any atom is -0.381 e. The standard InChI is InChI=1S/C11H19N3O/c1-10-2-4-13-14(10)6-5-12-8-11-3-7-15-9-11/h2,4,11-12H,3,5-9H2,1H3. The van der Waals surface area contributed by atoms with Crippen LogP contribution in [0, 0.1) is 12.8 Å². The van der Waals surface area contributed by atoms with Crippen LogP contribution in [0.1, 0.15) is 12.1 Å². The van der Waals surface area contributed by atoms with Gasteiger partial charge in [-0.15, -0.1) is 0 Å². The average molecular weight is 209 g/mol. The first-order chi connectivity index (χ1) is 7.36. The number of hydrogen-bond acceptors (Lipinski definition) is 3. The molecule has 4 nitrogen and oxygen atoms in total. The summed E-state index contributed by atoms with van der Waals surface area (Å²) in [4.78, 5) is 0. The molecule has 0 aliphatic carbocycles. The Bertz CT molecular complexity index is 292. The molecule has 1 atom stereocenters. The summed E-state index contributed by atoms with van der Waals surface area (Å²) in [6.07, 6.45) is 3.05. The quantitative estimate of drug-likeness (QED) is 0.730. The van der Waals surface area contributed by atoms with Crippen LogP contribution in [-0.4, -0.2) is 36.1 Å². The van der Waals surface area contributed by atoms with Gasteiger partial charge in [-0.2, -0.15) is 5.10 Å². The van der Waals surface area contributed by atoms with Crippen molar-refractivity contribution in [3.8, 4) is 0 Å². The largest absolute Gasteiger partial charge is 0.381 e. The summed E-state index contributed by atoms with van der Waals surface area (Å²) in [5, 5.41) is 7.69. The van der Waals surface area contributed by atoms with Crippen molar-refractivity contribution in [3.05, 3.63) is 18.0 Å². The second-order valence-corrected chi connectivity index (χ2v) is 4.13. The summed E-state index contributed by atoms with van der Waals surface area (Å²) < 4.78 is 7.35. The van der Waals surface area contributed by atoms with E-state index in [-0.39, 0.29) is 0 Å². The second kappa shape index (κ2) is 5.28. The van der Waals surface area contributed by atoms with Crippen LogP contribution in [0.15, 0.2) is 12.3 Å². The molecule has 84 valence electrons. The Morgan fingerprint density at radius 1 is 1.67 bits per heavy atom. The highest BCUT2D eigenvalue weighted by atomic mass is 16.5. The highest BCUT2D eigenvalue weighted by molar-refractivity contribution is 4.96. The molecule has 0 bridgehead atoms. The number of nitrogens with zero attached hydrogens (tertiary/aromatic N) is 2. The number of ether oxygens (including phenoxy) is 1. The molecule has 1 saturated heterocycles. The highest BCUT2D eigenvalue weighted by Gasteiger charge is 2.14. The van der Waals surface area contributed by atoms with Gasteiger partial charge in [-0.05, 0) is 25.3 Å². The van der Waals surface area contributed by atoms with E-state index in [2.05, 4.69) is 17.3 Å². The van der Waals surface area contributed by atoms with Crippen molar-refractivity contribution < 1.29 is 4.74 Å². The van der Waals surface area contributed by atoms with E-state index in [1.165, 1.54) is 12.1 Å². The molecule has 0 radical (unpaired) electrons. The monoisotopic (exact) mass is 209 g/mol. The Balaban J connectivity index is 1.60. The topological polar surface area (TPSA) is 39.1 Å². The smallest absolute Gasteiger partial charge is 0.0537 e. The van der Waals surface area contributed by atoms with Crippen LogP contribution in [0.25, 0.3) is 0 Å². The summed E-state index contributed by atoms with van der Waals surface area (Å²) in [7, 11) is 0. The molecule has 0 spiro atoms. The zero-order valence-electron chi connectivity index (χ0n) is 9.28. The van der Waals surface area contributed by atoms with E-state index in [9.17, 15) is 0 Å². The third kappa shape index (κ3) is 3.04. The lowest BCUT2D eigenvalue weighted by Crippen LogP contribution is -2.27. The predicted molar refractivity (Wildman–Crippen MR) is 58.8 cm³/mol. The fourth-order valence-electron chi connectivity index (χ4n) is 1.87. The van der Waals surface area contributed by atoms with E-state index in [0.717, 1.165) is 32.8 Å². The second-order valence-electron chi connectivity index (χ2n) is 4.13. The van der Waals surface area contributed by atoms with Crippen LogP contribution >= 0.6 is 0 Å². The van der Waals surface area contributed by atoms with Crippen LogP contribution in [0.4, 0.5) is 0 Å². The lowest BCUT2D eigenvalue weighted by atomic mass is 10.1. The number of nitrogens with one attached hydrogen (secondary N) is 1. The molecule has 2 rings (SSSR count). The Hall–Kier alpha value is -0.870. The summed E-state index contributed by atoms with van der Waals surface area (Å²) in [5.41, 5.74) is 1.22. The first-order valence-electron chi connectivity index (χ1n) is 5.63. The van der Waals surface area contributed by atoms with Gasteiger partial charge in [0.05, 0.1) is 13.2 Å². The zero-order chi connectivity index (χ0) is 10.5. The zero-order valence-corrected chi connectivity index (χ0v) is 9.28. The van der Waals surface area contributed by atoms with Gasteiger partial charge in [0, 0.05) is 31.6 Å². The van der Waals surface area contributed by atoms with Gasteiger partial charge in [-0.1, -0.05) is 0 Å². The molecular formula is C11H19N3O. The van der Waals surface area contributed by atoms with Crippen molar-refractivity contribution in [1.29, 1.82) is 0 Å². The maximum atomic E-state index is 5.32. The van der Waals surface area contributed by atoms with E-state index >= 15 is 0 Å². The Labute approximate surface area is 90.6 Å². The molecule has 1 fully saturated rings. The number of aryl methyl sites for hydroxylation is 1. The van der Waals surface area contributed by atoms with Crippen molar-refractivity contribution in [2.75, 3.05) is 26.3 Å². The molecule has 4 heteroatoms. The Morgan fingerprint density at radius 3 is 3.27 bits per heavy atom. The third-order valence-corrected chi connectivity index (χ3v) is 2.89. The van der Waals surface area contributed by atoms with E-state index < -0.39 is 0 Å². The number of aromatic nitrogens is 2. The van der Waals surface area contributed by atoms with Crippen molar-refractivity contribution in [2.45, 2.75) is 19.9 Å². The molecule has 2 heterocycles. The van der Waals surface area contributed by atoms with Gasteiger partial charge in [0.15, 0.2) is 0 Å². The van der Waals surface area contributed by atoms with Crippen LogP contribution in [0.2, 0.25) is 0 Å². The Kier molecular flexibility index (Phi) is 3.75. The summed E-state index contributed by atoms with van der Waals surface area (Å²) in [6.45, 7) is 6.95. The van der Waals surface area contributed by atoms with E-state index in [1.807, 2.05) is 16.9 Å². The van der Waals surface area contributed by atoms with Gasteiger partial charge < -0.3 is 10.1 Å². The van der Waals surface area contributed by atoms with E-state index in [1.54, 1.807) is 0 Å². The highest BCUT2D eigenvalue weighted by Crippen LogP contribution is 2.10. The molecule has 1 unspecified atom stereocenters. The number of hydrogen-bond donors (Lipinski definition) is 1. The summed E-state index contributed by atoms with van der Waals surface area (Å²) >= 11 is 0. The Morgan fingerprint density at radius 2 is 2.60 bits per heavy atom. The van der Waals surface area contributed by atoms with E-state index in [4.69, 9.17) is 4.74 Å². The SMILES string of the molecule is Cc1ccnn1CCNCC1CCOC1. The molecule has 0 amide bonds. The first-order valence-corrected chi connectivity index (χ1v) is 5.63. The minimum atomic E-state index is 0.712. The van der Waals surface area contributed by atoms with Crippen LogP contribution in [0.5, 0.6) is 0 Å². The molecule has 15 heavy (non-hydrogen) atoms. The molecule has 1 N–H and O–H groups in total. The van der Waals surface area contributed by atoms with Gasteiger partial charge in [0.2, 0.25) is 0 Å². The van der Waals surface area contributed by atoms with Crippen LogP contribution in [0.3, 0.4) is 0 Å². The van der Waals surface area contributed by atoms with E-state index in [0.29, 0.717) is 5.92 Å². The van der Waals surface area contributed by atoms with Crippen molar-refractivity contribution >= 4 is 0 Å². The third-order valence-electron chi connectivity index (χ3n) is 2.89. The molecule has 0 aromatic carbocycles. The fourth-order valence-corrected chi connectivity index (χ4v) is 1.87. The molecule has 1 aliphatic heterocycles. The van der Waals surface area contributed by atoms with Crippen molar-refractivity contribution in [1.82, 2.24) is 15.1 Å². The molecule has 1 aromatic rings. The van der Waals surface area contributed by atoms with Gasteiger partial charge in [-0.3, -0.25) is 4.68 Å². The van der Waals surface area contributed by atoms with Gasteiger partial charge in [0.1, 0.15) is 0 Å². The minimum absolute atomic E-state index is 0.712. The van der Waals surface area contributed by atoms with Crippen LogP contribution < -0.4 is 5.32 Å².